The lowest BCUT2D eigenvalue weighted by Gasteiger charge is -2.47. The number of β-amino-alcohol motifs (C(OH)–C–C–N with tert-alkyl or cyclic N) is 1. The van der Waals surface area contributed by atoms with Crippen molar-refractivity contribution in [2.24, 2.45) is 11.3 Å². The molecule has 1 saturated carbocycles. The number of aryl methyl sites for hydroxylation is 1. The van der Waals surface area contributed by atoms with E-state index in [0.717, 1.165) is 42.4 Å². The first-order valence-corrected chi connectivity index (χ1v) is 12.9. The second kappa shape index (κ2) is 9.90. The lowest BCUT2D eigenvalue weighted by atomic mass is 9.69. The number of carbonyl (C=O) groups excluding carboxylic acids is 2. The van der Waals surface area contributed by atoms with Crippen LogP contribution < -0.4 is 5.32 Å². The third kappa shape index (κ3) is 5.24. The molecule has 1 aromatic carbocycles. The molecule has 6 nitrogen and oxygen atoms in total. The van der Waals surface area contributed by atoms with Crippen LogP contribution in [0.5, 0.6) is 0 Å². The fourth-order valence-corrected chi connectivity index (χ4v) is 6.01. The summed E-state index contributed by atoms with van der Waals surface area (Å²) in [7, 11) is 1.38. The van der Waals surface area contributed by atoms with Gasteiger partial charge in [0.15, 0.2) is 0 Å². The Balaban J connectivity index is 1.58. The molecule has 1 spiro atoms. The topological polar surface area (TPSA) is 78.9 Å². The molecule has 0 aromatic heterocycles. The van der Waals surface area contributed by atoms with E-state index in [0.29, 0.717) is 24.3 Å². The minimum absolute atomic E-state index is 0.0334. The molecule has 6 heteroatoms. The molecule has 1 heterocycles. The predicted octanol–water partition coefficient (Wildman–Crippen LogP) is 4.58. The van der Waals surface area contributed by atoms with Crippen LogP contribution >= 0.6 is 0 Å². The summed E-state index contributed by atoms with van der Waals surface area (Å²) < 4.78 is 4.82. The summed E-state index contributed by atoms with van der Waals surface area (Å²) in [4.78, 5) is 27.6. The zero-order chi connectivity index (χ0) is 25.4. The number of rotatable bonds is 5. The molecule has 1 saturated heterocycles. The number of aliphatic hydroxyl groups is 1. The highest BCUT2D eigenvalue weighted by Gasteiger charge is 2.53. The van der Waals surface area contributed by atoms with Crippen LogP contribution in [0.3, 0.4) is 0 Å². The summed E-state index contributed by atoms with van der Waals surface area (Å²) in [5.74, 6) is 0.313. The average molecular weight is 481 g/mol. The van der Waals surface area contributed by atoms with Crippen molar-refractivity contribution in [3.05, 3.63) is 58.7 Å². The number of nitrogens with zero attached hydrogens (tertiary/aromatic N) is 1. The summed E-state index contributed by atoms with van der Waals surface area (Å²) >= 11 is 0. The Morgan fingerprint density at radius 2 is 1.94 bits per heavy atom. The minimum Gasteiger partial charge on any atom is -0.466 e. The Morgan fingerprint density at radius 1 is 1.23 bits per heavy atom. The Labute approximate surface area is 209 Å². The van der Waals surface area contributed by atoms with Crippen LogP contribution in [-0.4, -0.2) is 47.3 Å². The average Bonchev–Trinajstić information content (AvgIpc) is 3.09. The maximum Gasteiger partial charge on any atom is 0.333 e. The summed E-state index contributed by atoms with van der Waals surface area (Å²) in [5.41, 5.74) is 3.35. The van der Waals surface area contributed by atoms with Crippen LogP contribution in [0.1, 0.15) is 76.5 Å². The van der Waals surface area contributed by atoms with Crippen molar-refractivity contribution in [2.45, 2.75) is 84.0 Å². The lowest BCUT2D eigenvalue weighted by Crippen LogP contribution is -2.57. The smallest absolute Gasteiger partial charge is 0.333 e. The predicted molar refractivity (Wildman–Crippen MR) is 136 cm³/mol. The van der Waals surface area contributed by atoms with Gasteiger partial charge >= 0.3 is 5.97 Å². The van der Waals surface area contributed by atoms with Crippen LogP contribution in [0.25, 0.3) is 0 Å². The Morgan fingerprint density at radius 3 is 2.51 bits per heavy atom. The molecule has 35 heavy (non-hydrogen) atoms. The molecule has 2 fully saturated rings. The molecule has 1 amide bonds. The molecule has 0 bridgehead atoms. The van der Waals surface area contributed by atoms with Crippen LogP contribution in [0.15, 0.2) is 47.6 Å². The summed E-state index contributed by atoms with van der Waals surface area (Å²) in [6.45, 7) is 9.19. The molecule has 2 N–H and O–H groups in total. The summed E-state index contributed by atoms with van der Waals surface area (Å²) in [5, 5.41) is 14.9. The molecule has 2 unspecified atom stereocenters. The fourth-order valence-electron chi connectivity index (χ4n) is 6.01. The molecule has 1 aromatic rings. The number of allylic oxidation sites excluding steroid dienone is 2. The number of nitrogens with one attached hydrogen (secondary N) is 1. The van der Waals surface area contributed by atoms with Crippen LogP contribution in [0.4, 0.5) is 0 Å². The molecular formula is C29H40N2O4. The number of amides is 1. The van der Waals surface area contributed by atoms with Crippen molar-refractivity contribution in [2.75, 3.05) is 13.7 Å². The van der Waals surface area contributed by atoms with Gasteiger partial charge in [0.25, 0.3) is 0 Å². The van der Waals surface area contributed by atoms with Gasteiger partial charge in [-0.1, -0.05) is 62.8 Å². The van der Waals surface area contributed by atoms with E-state index in [1.807, 2.05) is 36.1 Å². The van der Waals surface area contributed by atoms with Crippen molar-refractivity contribution >= 4 is 11.9 Å². The summed E-state index contributed by atoms with van der Waals surface area (Å²) in [6.07, 6.45) is 7.74. The maximum atomic E-state index is 13.8. The largest absolute Gasteiger partial charge is 0.466 e. The number of aliphatic hydroxyl groups excluding tert-OH is 1. The number of benzene rings is 1. The first-order chi connectivity index (χ1) is 16.5. The zero-order valence-electron chi connectivity index (χ0n) is 21.8. The van der Waals surface area contributed by atoms with Gasteiger partial charge in [-0.25, -0.2) is 4.79 Å². The molecule has 190 valence electrons. The van der Waals surface area contributed by atoms with Crippen LogP contribution in [0, 0.1) is 18.3 Å². The van der Waals surface area contributed by atoms with E-state index in [4.69, 9.17) is 4.74 Å². The van der Waals surface area contributed by atoms with Crippen molar-refractivity contribution in [3.63, 3.8) is 0 Å². The van der Waals surface area contributed by atoms with Gasteiger partial charge in [0.1, 0.15) is 6.04 Å². The third-order valence-electron chi connectivity index (χ3n) is 8.27. The lowest BCUT2D eigenvalue weighted by molar-refractivity contribution is -0.136. The molecule has 2 aliphatic carbocycles. The highest BCUT2D eigenvalue weighted by molar-refractivity contribution is 5.89. The van der Waals surface area contributed by atoms with E-state index in [9.17, 15) is 14.7 Å². The molecule has 3 aliphatic rings. The van der Waals surface area contributed by atoms with Gasteiger partial charge in [0, 0.05) is 5.57 Å². The zero-order valence-corrected chi connectivity index (χ0v) is 21.8. The highest BCUT2D eigenvalue weighted by atomic mass is 16.5. The van der Waals surface area contributed by atoms with Crippen molar-refractivity contribution in [1.29, 1.82) is 0 Å². The van der Waals surface area contributed by atoms with Crippen LogP contribution in [-0.2, 0) is 14.3 Å². The Kier molecular flexibility index (Phi) is 7.26. The van der Waals surface area contributed by atoms with Gasteiger partial charge < -0.3 is 14.7 Å². The fraction of sp³-hybridized carbons (Fsp3) is 0.586. The minimum atomic E-state index is -0.773. The van der Waals surface area contributed by atoms with Gasteiger partial charge in [-0.3, -0.25) is 10.1 Å². The van der Waals surface area contributed by atoms with E-state index >= 15 is 0 Å². The second-order valence-corrected chi connectivity index (χ2v) is 11.6. The van der Waals surface area contributed by atoms with E-state index in [1.165, 1.54) is 7.11 Å². The number of ether oxygens (including phenoxy) is 1. The third-order valence-corrected chi connectivity index (χ3v) is 8.27. The SMILES string of the molecule is COC(=O)C1=CC=C(C(O)CN2C(=O)C(c3cccc(C)c3)NC23CCC(C(C)(C)C)CC3)CC1. The molecule has 1 aliphatic heterocycles. The number of methoxy groups -OCH3 is 1. The number of carbonyl (C=O) groups is 2. The van der Waals surface area contributed by atoms with Gasteiger partial charge in [-0.15, -0.1) is 0 Å². The number of hydrogen-bond donors (Lipinski definition) is 2. The van der Waals surface area contributed by atoms with Gasteiger partial charge in [0.05, 0.1) is 25.4 Å². The highest BCUT2D eigenvalue weighted by Crippen LogP contribution is 2.46. The standard InChI is InChI=1S/C29H40N2O4/c1-19-7-6-8-22(17-19)25-26(33)31(29(30-25)15-13-23(14-16-29)28(2,3)4)18-24(32)20-9-11-21(12-10-20)27(34)35-5/h6-9,11,17,23-25,30,32H,10,12-16,18H2,1-5H3. The number of hydrogen-bond acceptors (Lipinski definition) is 5. The second-order valence-electron chi connectivity index (χ2n) is 11.6. The van der Waals surface area contributed by atoms with Crippen molar-refractivity contribution in [1.82, 2.24) is 10.2 Å². The maximum absolute atomic E-state index is 13.8. The van der Waals surface area contributed by atoms with Gasteiger partial charge in [-0.2, -0.15) is 0 Å². The van der Waals surface area contributed by atoms with Crippen molar-refractivity contribution in [3.8, 4) is 0 Å². The van der Waals surface area contributed by atoms with E-state index in [1.54, 1.807) is 6.08 Å². The van der Waals surface area contributed by atoms with E-state index < -0.39 is 17.8 Å². The van der Waals surface area contributed by atoms with Gasteiger partial charge in [-0.05, 0) is 67.9 Å². The van der Waals surface area contributed by atoms with E-state index in [2.05, 4.69) is 32.2 Å². The quantitative estimate of drug-likeness (QED) is 0.603. The molecule has 2 atom stereocenters. The molecule has 0 radical (unpaired) electrons. The Bertz CT molecular complexity index is 1030. The summed E-state index contributed by atoms with van der Waals surface area (Å²) in [6, 6.07) is 7.73. The number of esters is 1. The Hall–Kier alpha value is -2.44. The first-order valence-electron chi connectivity index (χ1n) is 12.9. The van der Waals surface area contributed by atoms with Gasteiger partial charge in [0.2, 0.25) is 5.91 Å². The molecular weight excluding hydrogens is 440 g/mol. The molecule has 4 rings (SSSR count). The first kappa shape index (κ1) is 25.6. The monoisotopic (exact) mass is 480 g/mol. The van der Waals surface area contributed by atoms with Crippen LogP contribution in [0.2, 0.25) is 0 Å². The van der Waals surface area contributed by atoms with E-state index in [-0.39, 0.29) is 23.8 Å². The normalized spacial score (nSPS) is 28.1. The van der Waals surface area contributed by atoms with Crippen molar-refractivity contribution < 1.29 is 19.4 Å².